The van der Waals surface area contributed by atoms with Crippen molar-refractivity contribution in [2.45, 2.75) is 25.9 Å². The van der Waals surface area contributed by atoms with E-state index in [-0.39, 0.29) is 30.7 Å². The summed E-state index contributed by atoms with van der Waals surface area (Å²) in [5.74, 6) is -0.319. The fourth-order valence-corrected chi connectivity index (χ4v) is 3.36. The third-order valence-electron chi connectivity index (χ3n) is 5.14. The topological polar surface area (TPSA) is 110 Å². The number of nitrogens with one attached hydrogen (secondary N) is 2. The number of amides is 3. The predicted octanol–water partition coefficient (Wildman–Crippen LogP) is 1.27. The highest BCUT2D eigenvalue weighted by molar-refractivity contribution is 6.02. The van der Waals surface area contributed by atoms with Gasteiger partial charge < -0.3 is 25.0 Å². The quantitative estimate of drug-likeness (QED) is 0.658. The number of rotatable bonds is 8. The van der Waals surface area contributed by atoms with Crippen molar-refractivity contribution in [1.29, 1.82) is 0 Å². The average molecular weight is 426 g/mol. The first kappa shape index (κ1) is 22.1. The molecule has 2 heterocycles. The van der Waals surface area contributed by atoms with Crippen molar-refractivity contribution >= 4 is 23.4 Å². The van der Waals surface area contributed by atoms with Crippen LogP contribution in [-0.4, -0.2) is 49.5 Å². The van der Waals surface area contributed by atoms with E-state index in [1.807, 2.05) is 0 Å². The number of hydrogen-bond acceptors (Lipinski definition) is 6. The van der Waals surface area contributed by atoms with E-state index < -0.39 is 12.0 Å². The summed E-state index contributed by atoms with van der Waals surface area (Å²) in [5, 5.41) is 5.48. The van der Waals surface area contributed by atoms with E-state index in [9.17, 15) is 14.4 Å². The van der Waals surface area contributed by atoms with Gasteiger partial charge in [0.05, 0.1) is 25.8 Å². The van der Waals surface area contributed by atoms with E-state index in [1.165, 1.54) is 19.1 Å². The van der Waals surface area contributed by atoms with Crippen LogP contribution in [0, 0.1) is 5.92 Å². The fourth-order valence-electron chi connectivity index (χ4n) is 3.36. The van der Waals surface area contributed by atoms with Gasteiger partial charge in [0.1, 0.15) is 17.5 Å². The Morgan fingerprint density at radius 1 is 1.19 bits per heavy atom. The summed E-state index contributed by atoms with van der Waals surface area (Å²) in [6.07, 6.45) is 3.34. The molecule has 1 aromatic heterocycles. The number of carbonyl (C=O) groups excluding carboxylic acids is 3. The van der Waals surface area contributed by atoms with E-state index in [2.05, 4.69) is 15.6 Å². The number of aromatic nitrogens is 1. The van der Waals surface area contributed by atoms with Gasteiger partial charge in [-0.1, -0.05) is 0 Å². The first-order valence-electron chi connectivity index (χ1n) is 9.92. The number of anilines is 1. The van der Waals surface area contributed by atoms with Gasteiger partial charge in [-0.15, -0.1) is 0 Å². The van der Waals surface area contributed by atoms with Crippen molar-refractivity contribution in [3.8, 4) is 11.5 Å². The average Bonchev–Trinajstić information content (AvgIpc) is 3.19. The van der Waals surface area contributed by atoms with Crippen molar-refractivity contribution < 1.29 is 23.9 Å². The first-order chi connectivity index (χ1) is 14.9. The molecule has 3 rings (SSSR count). The minimum absolute atomic E-state index is 0.0531. The van der Waals surface area contributed by atoms with Crippen LogP contribution in [0.1, 0.15) is 18.9 Å². The molecule has 164 valence electrons. The normalized spacial score (nSPS) is 16.5. The van der Waals surface area contributed by atoms with E-state index in [1.54, 1.807) is 49.6 Å². The largest absolute Gasteiger partial charge is 0.497 e. The van der Waals surface area contributed by atoms with Crippen LogP contribution in [0.3, 0.4) is 0 Å². The first-order valence-corrected chi connectivity index (χ1v) is 9.92. The van der Waals surface area contributed by atoms with Gasteiger partial charge in [0.25, 0.3) is 0 Å². The molecule has 1 fully saturated rings. The summed E-state index contributed by atoms with van der Waals surface area (Å²) in [6.45, 7) is 2.14. The van der Waals surface area contributed by atoms with Gasteiger partial charge in [-0.3, -0.25) is 19.4 Å². The summed E-state index contributed by atoms with van der Waals surface area (Å²) in [7, 11) is 3.05. The lowest BCUT2D eigenvalue weighted by Crippen LogP contribution is -2.47. The van der Waals surface area contributed by atoms with Crippen LogP contribution >= 0.6 is 0 Å². The van der Waals surface area contributed by atoms with Gasteiger partial charge in [-0.05, 0) is 36.8 Å². The number of methoxy groups -OCH3 is 2. The molecule has 9 heteroatoms. The smallest absolute Gasteiger partial charge is 0.242 e. The van der Waals surface area contributed by atoms with Crippen LogP contribution in [0.2, 0.25) is 0 Å². The Bertz CT molecular complexity index is 950. The van der Waals surface area contributed by atoms with Crippen LogP contribution in [0.15, 0.2) is 42.7 Å². The lowest BCUT2D eigenvalue weighted by atomic mass is 10.1. The van der Waals surface area contributed by atoms with Crippen LogP contribution in [0.5, 0.6) is 11.5 Å². The Morgan fingerprint density at radius 3 is 2.61 bits per heavy atom. The van der Waals surface area contributed by atoms with Crippen LogP contribution in [0.25, 0.3) is 0 Å². The number of ether oxygens (including phenoxy) is 2. The number of carbonyl (C=O) groups is 3. The van der Waals surface area contributed by atoms with Crippen LogP contribution < -0.4 is 25.0 Å². The molecule has 1 aliphatic heterocycles. The highest BCUT2D eigenvalue weighted by Gasteiger charge is 2.37. The molecular weight excluding hydrogens is 400 g/mol. The molecule has 1 aliphatic rings. The van der Waals surface area contributed by atoms with Crippen molar-refractivity contribution in [1.82, 2.24) is 15.6 Å². The van der Waals surface area contributed by atoms with E-state index in [0.29, 0.717) is 23.7 Å². The van der Waals surface area contributed by atoms with E-state index in [0.717, 1.165) is 5.56 Å². The second-order valence-electron chi connectivity index (χ2n) is 7.25. The zero-order chi connectivity index (χ0) is 22.4. The lowest BCUT2D eigenvalue weighted by molar-refractivity contribution is -0.131. The molecule has 2 N–H and O–H groups in total. The molecule has 1 saturated heterocycles. The minimum Gasteiger partial charge on any atom is -0.497 e. The SMILES string of the molecule is COc1ccc(OC)c(N2CC(C(=O)NC(C)C(=O)NCc3ccncc3)CC2=O)c1. The fraction of sp³-hybridized carbons (Fsp3) is 0.364. The van der Waals surface area contributed by atoms with Gasteiger partial charge in [0, 0.05) is 38.0 Å². The molecule has 1 aromatic carbocycles. The molecule has 0 bridgehead atoms. The van der Waals surface area contributed by atoms with Crippen LogP contribution in [0.4, 0.5) is 5.69 Å². The third-order valence-corrected chi connectivity index (χ3v) is 5.14. The Labute approximate surface area is 180 Å². The maximum atomic E-state index is 12.7. The molecule has 31 heavy (non-hydrogen) atoms. The molecule has 9 nitrogen and oxygen atoms in total. The molecule has 0 spiro atoms. The highest BCUT2D eigenvalue weighted by atomic mass is 16.5. The summed E-state index contributed by atoms with van der Waals surface area (Å²) in [4.78, 5) is 43.1. The molecule has 2 unspecified atom stereocenters. The van der Waals surface area contributed by atoms with E-state index >= 15 is 0 Å². The van der Waals surface area contributed by atoms with Crippen molar-refractivity contribution in [3.05, 3.63) is 48.3 Å². The summed E-state index contributed by atoms with van der Waals surface area (Å²) < 4.78 is 10.6. The maximum absolute atomic E-state index is 12.7. The Balaban J connectivity index is 1.59. The maximum Gasteiger partial charge on any atom is 0.242 e. The van der Waals surface area contributed by atoms with Gasteiger partial charge in [0.15, 0.2) is 0 Å². The standard InChI is InChI=1S/C22H26N4O5/c1-14(21(28)24-12-15-6-8-23-9-7-15)25-22(29)16-10-20(27)26(13-16)18-11-17(30-2)4-5-19(18)31-3/h4-9,11,14,16H,10,12-13H2,1-3H3,(H,24,28)(H,25,29). The molecule has 0 saturated carbocycles. The van der Waals surface area contributed by atoms with Crippen molar-refractivity contribution in [2.75, 3.05) is 25.7 Å². The van der Waals surface area contributed by atoms with E-state index in [4.69, 9.17) is 9.47 Å². The Hall–Kier alpha value is -3.62. The Kier molecular flexibility index (Phi) is 7.07. The zero-order valence-electron chi connectivity index (χ0n) is 17.8. The monoisotopic (exact) mass is 426 g/mol. The van der Waals surface area contributed by atoms with Gasteiger partial charge in [-0.25, -0.2) is 0 Å². The molecule has 0 radical (unpaired) electrons. The second kappa shape index (κ2) is 9.92. The predicted molar refractivity (Wildman–Crippen MR) is 114 cm³/mol. The van der Waals surface area contributed by atoms with Crippen LogP contribution in [-0.2, 0) is 20.9 Å². The summed E-state index contributed by atoms with van der Waals surface area (Å²) >= 11 is 0. The molecule has 2 atom stereocenters. The molecule has 2 aromatic rings. The zero-order valence-corrected chi connectivity index (χ0v) is 17.8. The third kappa shape index (κ3) is 5.30. The van der Waals surface area contributed by atoms with Gasteiger partial charge in [0.2, 0.25) is 17.7 Å². The molecule has 0 aliphatic carbocycles. The van der Waals surface area contributed by atoms with Gasteiger partial charge in [-0.2, -0.15) is 0 Å². The summed E-state index contributed by atoms with van der Waals surface area (Å²) in [5.41, 5.74) is 1.46. The summed E-state index contributed by atoms with van der Waals surface area (Å²) in [6, 6.07) is 8.02. The number of benzene rings is 1. The molecular formula is C22H26N4O5. The van der Waals surface area contributed by atoms with Crippen molar-refractivity contribution in [3.63, 3.8) is 0 Å². The minimum atomic E-state index is -0.732. The second-order valence-corrected chi connectivity index (χ2v) is 7.25. The number of nitrogens with zero attached hydrogens (tertiary/aromatic N) is 2. The number of pyridine rings is 1. The lowest BCUT2D eigenvalue weighted by Gasteiger charge is -2.21. The Morgan fingerprint density at radius 2 is 1.94 bits per heavy atom. The highest BCUT2D eigenvalue weighted by Crippen LogP contribution is 2.36. The van der Waals surface area contributed by atoms with Crippen molar-refractivity contribution in [2.24, 2.45) is 5.92 Å². The molecule has 3 amide bonds. The number of hydrogen-bond donors (Lipinski definition) is 2. The van der Waals surface area contributed by atoms with Gasteiger partial charge >= 0.3 is 0 Å².